The molecule has 1 aromatic rings. The predicted molar refractivity (Wildman–Crippen MR) is 103 cm³/mol. The minimum atomic E-state index is -2.56. The van der Waals surface area contributed by atoms with Gasteiger partial charge >= 0.3 is 14.8 Å². The van der Waals surface area contributed by atoms with E-state index >= 15 is 0 Å². The van der Waals surface area contributed by atoms with Crippen LogP contribution in [-0.2, 0) is 18.1 Å². The standard InChI is InChI=1S/C19H30O6Si/c1-4-23-26(24-5-2,25-6-3)16-8-7-15-22-18-12-9-17(10-13-18)11-14-19(20)21/h9-14H,4-8,15-16H2,1-3H3,(H,20,21). The van der Waals surface area contributed by atoms with E-state index in [1.165, 1.54) is 0 Å². The topological polar surface area (TPSA) is 74.2 Å². The average Bonchev–Trinajstić information content (AvgIpc) is 2.61. The highest BCUT2D eigenvalue weighted by molar-refractivity contribution is 6.60. The van der Waals surface area contributed by atoms with Crippen LogP contribution in [0, 0.1) is 0 Å². The Kier molecular flexibility index (Phi) is 10.9. The number of carboxylic acids is 1. The smallest absolute Gasteiger partial charge is 0.494 e. The van der Waals surface area contributed by atoms with Crippen LogP contribution in [-0.4, -0.2) is 46.3 Å². The maximum Gasteiger partial charge on any atom is 0.500 e. The molecule has 0 unspecified atom stereocenters. The zero-order valence-electron chi connectivity index (χ0n) is 15.9. The molecule has 146 valence electrons. The fourth-order valence-electron chi connectivity index (χ4n) is 2.48. The molecule has 0 saturated carbocycles. The molecule has 1 N–H and O–H groups in total. The van der Waals surface area contributed by atoms with Crippen molar-refractivity contribution < 1.29 is 27.9 Å². The van der Waals surface area contributed by atoms with Gasteiger partial charge in [0.25, 0.3) is 0 Å². The number of hydrogen-bond donors (Lipinski definition) is 1. The van der Waals surface area contributed by atoms with Crippen molar-refractivity contribution in [2.24, 2.45) is 0 Å². The monoisotopic (exact) mass is 382 g/mol. The minimum absolute atomic E-state index is 0.589. The van der Waals surface area contributed by atoms with Crippen LogP contribution in [0.3, 0.4) is 0 Å². The van der Waals surface area contributed by atoms with Gasteiger partial charge in [-0.1, -0.05) is 12.1 Å². The highest BCUT2D eigenvalue weighted by Gasteiger charge is 2.39. The molecule has 0 aliphatic heterocycles. The van der Waals surface area contributed by atoms with E-state index in [2.05, 4.69) is 0 Å². The number of rotatable bonds is 14. The van der Waals surface area contributed by atoms with Crippen LogP contribution in [0.25, 0.3) is 6.08 Å². The molecule has 0 heterocycles. The van der Waals surface area contributed by atoms with Gasteiger partial charge in [0.1, 0.15) is 5.75 Å². The highest BCUT2D eigenvalue weighted by atomic mass is 28.4. The Morgan fingerprint density at radius 2 is 1.58 bits per heavy atom. The van der Waals surface area contributed by atoms with Crippen LogP contribution in [0.15, 0.2) is 30.3 Å². The third-order valence-corrected chi connectivity index (χ3v) is 6.69. The molecule has 0 aliphatic rings. The van der Waals surface area contributed by atoms with Gasteiger partial charge in [0.2, 0.25) is 0 Å². The van der Waals surface area contributed by atoms with Crippen LogP contribution in [0.4, 0.5) is 0 Å². The van der Waals surface area contributed by atoms with E-state index < -0.39 is 14.8 Å². The van der Waals surface area contributed by atoms with E-state index in [-0.39, 0.29) is 0 Å². The molecule has 0 aliphatic carbocycles. The molecule has 0 aromatic heterocycles. The second kappa shape index (κ2) is 12.6. The normalized spacial score (nSPS) is 11.8. The summed E-state index contributed by atoms with van der Waals surface area (Å²) in [5, 5.41) is 8.62. The van der Waals surface area contributed by atoms with Crippen molar-refractivity contribution >= 4 is 20.8 Å². The second-order valence-corrected chi connectivity index (χ2v) is 8.26. The first-order valence-corrected chi connectivity index (χ1v) is 11.0. The SMILES string of the molecule is CCO[Si](CCCCOc1ccc(C=CC(=O)O)cc1)(OCC)OCC. The molecule has 0 spiro atoms. The van der Waals surface area contributed by atoms with Gasteiger partial charge in [-0.25, -0.2) is 4.79 Å². The van der Waals surface area contributed by atoms with Crippen molar-refractivity contribution in [2.45, 2.75) is 39.7 Å². The van der Waals surface area contributed by atoms with Crippen molar-refractivity contribution in [3.8, 4) is 5.75 Å². The Labute approximate surface area is 157 Å². The van der Waals surface area contributed by atoms with Gasteiger partial charge < -0.3 is 23.1 Å². The number of carbonyl (C=O) groups is 1. The third kappa shape index (κ3) is 8.62. The van der Waals surface area contributed by atoms with Crippen LogP contribution >= 0.6 is 0 Å². The van der Waals surface area contributed by atoms with Gasteiger partial charge in [-0.15, -0.1) is 0 Å². The van der Waals surface area contributed by atoms with E-state index in [0.717, 1.165) is 36.3 Å². The van der Waals surface area contributed by atoms with Gasteiger partial charge in [-0.05, 0) is 57.4 Å². The molecule has 0 atom stereocenters. The molecule has 0 fully saturated rings. The average molecular weight is 383 g/mol. The van der Waals surface area contributed by atoms with Gasteiger partial charge in [0.15, 0.2) is 0 Å². The summed E-state index contributed by atoms with van der Waals surface area (Å²) >= 11 is 0. The number of aliphatic carboxylic acids is 1. The Bertz CT molecular complexity index is 526. The Morgan fingerprint density at radius 3 is 2.08 bits per heavy atom. The van der Waals surface area contributed by atoms with Crippen LogP contribution in [0.2, 0.25) is 6.04 Å². The summed E-state index contributed by atoms with van der Waals surface area (Å²) in [6, 6.07) is 8.10. The highest BCUT2D eigenvalue weighted by Crippen LogP contribution is 2.20. The summed E-state index contributed by atoms with van der Waals surface area (Å²) < 4.78 is 23.2. The number of ether oxygens (including phenoxy) is 1. The van der Waals surface area contributed by atoms with Crippen molar-refractivity contribution in [1.82, 2.24) is 0 Å². The molecule has 7 heteroatoms. The lowest BCUT2D eigenvalue weighted by Crippen LogP contribution is -2.45. The third-order valence-electron chi connectivity index (χ3n) is 3.54. The van der Waals surface area contributed by atoms with E-state index in [1.807, 2.05) is 45.0 Å². The first-order valence-electron chi connectivity index (χ1n) is 9.11. The van der Waals surface area contributed by atoms with E-state index in [0.29, 0.717) is 26.4 Å². The summed E-state index contributed by atoms with van der Waals surface area (Å²) in [4.78, 5) is 10.5. The van der Waals surface area contributed by atoms with Gasteiger partial charge in [0.05, 0.1) is 6.61 Å². The lowest BCUT2D eigenvalue weighted by atomic mass is 10.2. The van der Waals surface area contributed by atoms with E-state index in [1.54, 1.807) is 6.08 Å². The summed E-state index contributed by atoms with van der Waals surface area (Å²) in [6.45, 7) is 8.23. The first-order chi connectivity index (χ1) is 12.5. The molecule has 0 radical (unpaired) electrons. The lowest BCUT2D eigenvalue weighted by molar-refractivity contribution is -0.131. The lowest BCUT2D eigenvalue weighted by Gasteiger charge is -2.28. The van der Waals surface area contributed by atoms with Crippen LogP contribution in [0.1, 0.15) is 39.2 Å². The number of carboxylic acid groups (broad SMARTS) is 1. The maximum atomic E-state index is 10.5. The van der Waals surface area contributed by atoms with E-state index in [9.17, 15) is 4.79 Å². The van der Waals surface area contributed by atoms with Crippen molar-refractivity contribution in [2.75, 3.05) is 26.4 Å². The summed E-state index contributed by atoms with van der Waals surface area (Å²) in [5.74, 6) is -0.198. The van der Waals surface area contributed by atoms with Crippen LogP contribution in [0.5, 0.6) is 5.75 Å². The summed E-state index contributed by atoms with van der Waals surface area (Å²) in [5.41, 5.74) is 0.820. The van der Waals surface area contributed by atoms with Gasteiger partial charge in [-0.3, -0.25) is 0 Å². The summed E-state index contributed by atoms with van der Waals surface area (Å²) in [7, 11) is -2.56. The zero-order chi connectivity index (χ0) is 19.3. The first kappa shape index (κ1) is 22.4. The second-order valence-electron chi connectivity index (χ2n) is 5.53. The molecule has 0 saturated heterocycles. The fourth-order valence-corrected chi connectivity index (χ4v) is 5.16. The Balaban J connectivity index is 2.39. The maximum absolute atomic E-state index is 10.5. The van der Waals surface area contributed by atoms with Crippen molar-refractivity contribution in [3.63, 3.8) is 0 Å². The molecule has 1 rings (SSSR count). The number of benzene rings is 1. The quantitative estimate of drug-likeness (QED) is 0.298. The molecule has 0 bridgehead atoms. The number of unbranched alkanes of at least 4 members (excludes halogenated alkanes) is 1. The van der Waals surface area contributed by atoms with Crippen LogP contribution < -0.4 is 4.74 Å². The largest absolute Gasteiger partial charge is 0.500 e. The molecule has 6 nitrogen and oxygen atoms in total. The molecule has 0 amide bonds. The molecule has 1 aromatic carbocycles. The summed E-state index contributed by atoms with van der Waals surface area (Å²) in [6.07, 6.45) is 4.45. The Hall–Kier alpha value is -1.67. The molecular formula is C19H30O6Si. The fraction of sp³-hybridized carbons (Fsp3) is 0.526. The van der Waals surface area contributed by atoms with Gasteiger partial charge in [-0.2, -0.15) is 0 Å². The molecule has 26 heavy (non-hydrogen) atoms. The minimum Gasteiger partial charge on any atom is -0.494 e. The molecular weight excluding hydrogens is 352 g/mol. The van der Waals surface area contributed by atoms with E-state index in [4.69, 9.17) is 23.1 Å². The van der Waals surface area contributed by atoms with Crippen molar-refractivity contribution in [3.05, 3.63) is 35.9 Å². The number of hydrogen-bond acceptors (Lipinski definition) is 5. The Morgan fingerprint density at radius 1 is 1.00 bits per heavy atom. The zero-order valence-corrected chi connectivity index (χ0v) is 16.9. The van der Waals surface area contributed by atoms with Gasteiger partial charge in [0, 0.05) is 31.9 Å². The van der Waals surface area contributed by atoms with Crippen molar-refractivity contribution in [1.29, 1.82) is 0 Å². The predicted octanol–water partition coefficient (Wildman–Crippen LogP) is 3.99.